The molecule has 1 unspecified atom stereocenters. The minimum atomic E-state index is -0.722. The van der Waals surface area contributed by atoms with E-state index in [0.29, 0.717) is 22.8 Å². The fourth-order valence-corrected chi connectivity index (χ4v) is 6.76. The number of rotatable bonds is 11. The number of piperidine rings is 1. The predicted octanol–water partition coefficient (Wildman–Crippen LogP) is 6.03. The average Bonchev–Trinajstić information content (AvgIpc) is 3.39. The lowest BCUT2D eigenvalue weighted by Gasteiger charge is -2.41. The maximum Gasteiger partial charge on any atom is 0.119 e. The highest BCUT2D eigenvalue weighted by Crippen LogP contribution is 2.40. The summed E-state index contributed by atoms with van der Waals surface area (Å²) in [7, 11) is 1.62. The van der Waals surface area contributed by atoms with Gasteiger partial charge in [-0.1, -0.05) is 11.6 Å². The van der Waals surface area contributed by atoms with Gasteiger partial charge in [0.1, 0.15) is 5.75 Å². The van der Waals surface area contributed by atoms with Crippen LogP contribution in [-0.4, -0.2) is 59.2 Å². The number of ether oxygens (including phenoxy) is 1. The Bertz CT molecular complexity index is 1060. The molecule has 2 N–H and O–H groups in total. The van der Waals surface area contributed by atoms with E-state index in [1.54, 1.807) is 24.6 Å². The van der Waals surface area contributed by atoms with Crippen molar-refractivity contribution in [1.82, 2.24) is 9.88 Å². The first-order valence-corrected chi connectivity index (χ1v) is 14.1. The number of benzene rings is 1. The summed E-state index contributed by atoms with van der Waals surface area (Å²) >= 11 is 10.1. The number of thioether (sulfide) groups is 1. The molecule has 1 aliphatic heterocycles. The fraction of sp³-hybridized carbons (Fsp3) is 0.500. The first-order chi connectivity index (χ1) is 16.5. The van der Waals surface area contributed by atoms with E-state index < -0.39 is 6.10 Å². The van der Waals surface area contributed by atoms with Crippen LogP contribution < -0.4 is 4.74 Å². The van der Waals surface area contributed by atoms with Crippen LogP contribution >= 0.6 is 34.7 Å². The molecule has 8 heteroatoms. The van der Waals surface area contributed by atoms with Crippen LogP contribution in [0.1, 0.15) is 43.8 Å². The van der Waals surface area contributed by atoms with Crippen LogP contribution in [0.15, 0.2) is 46.1 Å². The molecular formula is C26H33ClN2O3S2. The van der Waals surface area contributed by atoms with Crippen molar-refractivity contribution in [1.29, 1.82) is 0 Å². The third-order valence-electron chi connectivity index (χ3n) is 6.98. The molecule has 1 aromatic carbocycles. The molecule has 0 radical (unpaired) electrons. The van der Waals surface area contributed by atoms with Gasteiger partial charge in [0.15, 0.2) is 0 Å². The normalized spacial score (nSPS) is 17.2. The van der Waals surface area contributed by atoms with Crippen molar-refractivity contribution in [2.24, 2.45) is 5.41 Å². The van der Waals surface area contributed by atoms with Crippen molar-refractivity contribution < 1.29 is 14.9 Å². The van der Waals surface area contributed by atoms with E-state index in [9.17, 15) is 10.2 Å². The number of thiophene rings is 1. The molecule has 3 aromatic rings. The Balaban J connectivity index is 1.31. The topological polar surface area (TPSA) is 65.8 Å². The van der Waals surface area contributed by atoms with Crippen LogP contribution in [0.25, 0.3) is 10.9 Å². The number of aromatic nitrogens is 1. The third kappa shape index (κ3) is 6.25. The van der Waals surface area contributed by atoms with Gasteiger partial charge in [0.2, 0.25) is 0 Å². The standard InChI is InChI=1S/C26H33ClN2O3S2/c1-32-19-3-4-23-21(15-19)25(22(27)16-28-23)24(31)5-7-26(18-30)8-11-29(12-9-26)10-2-13-34-20-6-14-33-17-20/h3-4,6,14-17,24,30-31H,2,5,7-13,18H2,1H3. The van der Waals surface area contributed by atoms with Gasteiger partial charge in [0.25, 0.3) is 0 Å². The molecule has 1 saturated heterocycles. The molecule has 0 bridgehead atoms. The number of hydrogen-bond donors (Lipinski definition) is 2. The maximum absolute atomic E-state index is 11.1. The molecule has 4 rings (SSSR count). The highest BCUT2D eigenvalue weighted by molar-refractivity contribution is 7.99. The van der Waals surface area contributed by atoms with Gasteiger partial charge in [0, 0.05) is 34.0 Å². The summed E-state index contributed by atoms with van der Waals surface area (Å²) in [5.74, 6) is 1.84. The molecule has 0 saturated carbocycles. The van der Waals surface area contributed by atoms with E-state index in [-0.39, 0.29) is 12.0 Å². The lowest BCUT2D eigenvalue weighted by Crippen LogP contribution is -2.42. The quantitative estimate of drug-likeness (QED) is 0.238. The Morgan fingerprint density at radius 3 is 2.82 bits per heavy atom. The fourth-order valence-electron chi connectivity index (χ4n) is 4.77. The van der Waals surface area contributed by atoms with Gasteiger partial charge in [-0.25, -0.2) is 0 Å². The summed E-state index contributed by atoms with van der Waals surface area (Å²) < 4.78 is 5.36. The lowest BCUT2D eigenvalue weighted by molar-refractivity contribution is 0.0238. The van der Waals surface area contributed by atoms with Crippen LogP contribution in [0, 0.1) is 5.41 Å². The lowest BCUT2D eigenvalue weighted by atomic mass is 9.74. The van der Waals surface area contributed by atoms with Crippen molar-refractivity contribution in [2.75, 3.05) is 39.1 Å². The van der Waals surface area contributed by atoms with Crippen molar-refractivity contribution in [3.63, 3.8) is 0 Å². The third-order valence-corrected chi connectivity index (χ3v) is 9.20. The Labute approximate surface area is 215 Å². The van der Waals surface area contributed by atoms with Crippen LogP contribution in [0.5, 0.6) is 5.75 Å². The molecule has 2 aromatic heterocycles. The monoisotopic (exact) mass is 520 g/mol. The zero-order chi connectivity index (χ0) is 24.0. The number of hydrogen-bond acceptors (Lipinski definition) is 7. The van der Waals surface area contributed by atoms with E-state index in [2.05, 4.69) is 26.7 Å². The minimum Gasteiger partial charge on any atom is -0.497 e. The number of likely N-dealkylation sites (tertiary alicyclic amines) is 1. The Morgan fingerprint density at radius 1 is 1.29 bits per heavy atom. The molecule has 1 fully saturated rings. The SMILES string of the molecule is COc1ccc2ncc(Cl)c(C(O)CCC3(CO)CCN(CCCSc4ccsc4)CC3)c2c1. The molecule has 0 amide bonds. The molecule has 1 atom stereocenters. The van der Waals surface area contributed by atoms with Crippen molar-refractivity contribution in [2.45, 2.75) is 43.1 Å². The number of halogens is 1. The van der Waals surface area contributed by atoms with Crippen LogP contribution in [0.4, 0.5) is 0 Å². The molecule has 0 aliphatic carbocycles. The summed E-state index contributed by atoms with van der Waals surface area (Å²) in [4.78, 5) is 8.26. The van der Waals surface area contributed by atoms with Gasteiger partial charge >= 0.3 is 0 Å². The highest BCUT2D eigenvalue weighted by atomic mass is 35.5. The Kier molecular flexibility index (Phi) is 9.13. The zero-order valence-electron chi connectivity index (χ0n) is 19.6. The van der Waals surface area contributed by atoms with Gasteiger partial charge in [-0.3, -0.25) is 4.98 Å². The molecule has 5 nitrogen and oxygen atoms in total. The predicted molar refractivity (Wildman–Crippen MR) is 142 cm³/mol. The number of nitrogens with zero attached hydrogens (tertiary/aromatic N) is 2. The van der Waals surface area contributed by atoms with Gasteiger partial charge in [0.05, 0.1) is 23.8 Å². The highest BCUT2D eigenvalue weighted by Gasteiger charge is 2.34. The summed E-state index contributed by atoms with van der Waals surface area (Å²) in [5.41, 5.74) is 1.33. The van der Waals surface area contributed by atoms with Gasteiger partial charge < -0.3 is 19.8 Å². The first kappa shape index (κ1) is 25.7. The van der Waals surface area contributed by atoms with Crippen LogP contribution in [0.2, 0.25) is 5.02 Å². The smallest absolute Gasteiger partial charge is 0.119 e. The molecular weight excluding hydrogens is 488 g/mol. The summed E-state index contributed by atoms with van der Waals surface area (Å²) in [6.07, 6.45) is 5.26. The molecule has 34 heavy (non-hydrogen) atoms. The number of aliphatic hydroxyl groups is 2. The van der Waals surface area contributed by atoms with Crippen molar-refractivity contribution in [3.8, 4) is 5.75 Å². The Hall–Kier alpha value is -1.35. The Morgan fingerprint density at radius 2 is 2.12 bits per heavy atom. The minimum absolute atomic E-state index is 0.143. The van der Waals surface area contributed by atoms with Crippen molar-refractivity contribution >= 4 is 45.6 Å². The number of pyridine rings is 1. The van der Waals surface area contributed by atoms with E-state index in [0.717, 1.165) is 55.6 Å². The van der Waals surface area contributed by atoms with Gasteiger partial charge in [-0.2, -0.15) is 11.3 Å². The second kappa shape index (κ2) is 12.1. The number of fused-ring (bicyclic) bond motifs is 1. The second-order valence-corrected chi connectivity index (χ2v) is 11.5. The second-order valence-electron chi connectivity index (χ2n) is 9.12. The average molecular weight is 521 g/mol. The number of aliphatic hydroxyl groups excluding tert-OH is 2. The maximum atomic E-state index is 11.1. The van der Waals surface area contributed by atoms with Crippen LogP contribution in [0.3, 0.4) is 0 Å². The summed E-state index contributed by atoms with van der Waals surface area (Å²) in [6.45, 7) is 3.24. The summed E-state index contributed by atoms with van der Waals surface area (Å²) in [5, 5.41) is 27.0. The van der Waals surface area contributed by atoms with E-state index in [4.69, 9.17) is 16.3 Å². The summed E-state index contributed by atoms with van der Waals surface area (Å²) in [6, 6.07) is 7.79. The van der Waals surface area contributed by atoms with Crippen LogP contribution in [-0.2, 0) is 0 Å². The first-order valence-electron chi connectivity index (χ1n) is 11.8. The van der Waals surface area contributed by atoms with Crippen molar-refractivity contribution in [3.05, 3.63) is 51.8 Å². The van der Waals surface area contributed by atoms with Gasteiger partial charge in [-0.05, 0) is 92.6 Å². The molecule has 0 spiro atoms. The van der Waals surface area contributed by atoms with E-state index in [1.807, 2.05) is 30.0 Å². The molecule has 3 heterocycles. The number of methoxy groups -OCH3 is 1. The van der Waals surface area contributed by atoms with Gasteiger partial charge in [-0.15, -0.1) is 11.8 Å². The zero-order valence-corrected chi connectivity index (χ0v) is 22.0. The van der Waals surface area contributed by atoms with E-state index in [1.165, 1.54) is 11.3 Å². The largest absolute Gasteiger partial charge is 0.497 e. The molecule has 184 valence electrons. The van der Waals surface area contributed by atoms with E-state index >= 15 is 0 Å². The molecule has 1 aliphatic rings.